The Morgan fingerprint density at radius 3 is 2.40 bits per heavy atom. The van der Waals surface area contributed by atoms with Crippen LogP contribution in [-0.2, 0) is 9.59 Å². The Hall–Kier alpha value is -2.82. The summed E-state index contributed by atoms with van der Waals surface area (Å²) in [5.74, 6) is -0.708. The van der Waals surface area contributed by atoms with Crippen molar-refractivity contribution in [2.24, 2.45) is 0 Å². The molecule has 0 saturated heterocycles. The molecule has 0 radical (unpaired) electrons. The number of carbonyl (C=O) groups excluding carboxylic acids is 1. The molecular formula is C20H23NO4. The largest absolute Gasteiger partial charge is 0.484 e. The highest BCUT2D eigenvalue weighted by atomic mass is 16.5. The molecule has 1 unspecified atom stereocenters. The molecule has 0 spiro atoms. The molecule has 2 aromatic carbocycles. The highest BCUT2D eigenvalue weighted by molar-refractivity contribution is 5.79. The number of rotatable bonds is 7. The van der Waals surface area contributed by atoms with Crippen LogP contribution in [0.2, 0.25) is 0 Å². The number of aryl methyl sites for hydroxylation is 3. The fourth-order valence-electron chi connectivity index (χ4n) is 2.58. The van der Waals surface area contributed by atoms with Crippen molar-refractivity contribution in [3.05, 3.63) is 64.7 Å². The summed E-state index contributed by atoms with van der Waals surface area (Å²) in [6.45, 7) is 5.71. The van der Waals surface area contributed by atoms with Crippen LogP contribution in [0.3, 0.4) is 0 Å². The van der Waals surface area contributed by atoms with Gasteiger partial charge in [-0.1, -0.05) is 30.3 Å². The smallest absolute Gasteiger partial charge is 0.305 e. The van der Waals surface area contributed by atoms with Gasteiger partial charge in [0.2, 0.25) is 0 Å². The van der Waals surface area contributed by atoms with Gasteiger partial charge >= 0.3 is 5.97 Å². The van der Waals surface area contributed by atoms with Crippen LogP contribution >= 0.6 is 0 Å². The van der Waals surface area contributed by atoms with Crippen LogP contribution in [0.15, 0.2) is 42.5 Å². The van der Waals surface area contributed by atoms with Crippen molar-refractivity contribution in [2.45, 2.75) is 33.2 Å². The molecule has 0 aliphatic rings. The van der Waals surface area contributed by atoms with Gasteiger partial charge in [0, 0.05) is 0 Å². The third kappa shape index (κ3) is 5.35. The fraction of sp³-hybridized carbons (Fsp3) is 0.300. The first kappa shape index (κ1) is 18.5. The average Bonchev–Trinajstić information content (AvgIpc) is 2.55. The van der Waals surface area contributed by atoms with E-state index in [-0.39, 0.29) is 18.9 Å². The van der Waals surface area contributed by atoms with Crippen LogP contribution in [0, 0.1) is 20.8 Å². The minimum atomic E-state index is -0.969. The Labute approximate surface area is 147 Å². The lowest BCUT2D eigenvalue weighted by molar-refractivity contribution is -0.137. The summed E-state index contributed by atoms with van der Waals surface area (Å²) in [7, 11) is 0. The van der Waals surface area contributed by atoms with E-state index < -0.39 is 12.0 Å². The zero-order valence-corrected chi connectivity index (χ0v) is 14.7. The Kier molecular flexibility index (Phi) is 6.17. The number of benzene rings is 2. The van der Waals surface area contributed by atoms with Crippen LogP contribution in [0.1, 0.15) is 34.7 Å². The van der Waals surface area contributed by atoms with Crippen molar-refractivity contribution in [2.75, 3.05) is 6.61 Å². The molecule has 0 heterocycles. The number of ether oxygens (including phenoxy) is 1. The second kappa shape index (κ2) is 8.33. The van der Waals surface area contributed by atoms with E-state index in [4.69, 9.17) is 9.84 Å². The first-order chi connectivity index (χ1) is 11.9. The van der Waals surface area contributed by atoms with Crippen LogP contribution in [0.25, 0.3) is 0 Å². The summed E-state index contributed by atoms with van der Waals surface area (Å²) >= 11 is 0. The number of carbonyl (C=O) groups is 2. The Balaban J connectivity index is 2.03. The Morgan fingerprint density at radius 2 is 1.76 bits per heavy atom. The molecule has 1 amide bonds. The number of carboxylic acids is 1. The molecule has 5 nitrogen and oxygen atoms in total. The van der Waals surface area contributed by atoms with Gasteiger partial charge in [-0.2, -0.15) is 0 Å². The minimum Gasteiger partial charge on any atom is -0.484 e. The molecule has 2 aromatic rings. The minimum absolute atomic E-state index is 0.162. The lowest BCUT2D eigenvalue weighted by Gasteiger charge is -2.19. The van der Waals surface area contributed by atoms with Crippen molar-refractivity contribution >= 4 is 11.9 Å². The number of amides is 1. The third-order valence-corrected chi connectivity index (χ3v) is 4.13. The summed E-state index contributed by atoms with van der Waals surface area (Å²) in [5, 5.41) is 11.9. The third-order valence-electron chi connectivity index (χ3n) is 4.13. The summed E-state index contributed by atoms with van der Waals surface area (Å²) in [5.41, 5.74) is 3.97. The molecule has 2 rings (SSSR count). The second-order valence-electron chi connectivity index (χ2n) is 6.11. The molecule has 0 aliphatic heterocycles. The number of carboxylic acid groups (broad SMARTS) is 1. The van der Waals surface area contributed by atoms with Crippen molar-refractivity contribution in [1.29, 1.82) is 0 Å². The van der Waals surface area contributed by atoms with Gasteiger partial charge in [-0.15, -0.1) is 0 Å². The number of hydrogen-bond acceptors (Lipinski definition) is 3. The quantitative estimate of drug-likeness (QED) is 0.810. The van der Waals surface area contributed by atoms with Crippen LogP contribution in [0.5, 0.6) is 5.75 Å². The molecular weight excluding hydrogens is 318 g/mol. The van der Waals surface area contributed by atoms with Crippen LogP contribution in [0.4, 0.5) is 0 Å². The molecule has 0 bridgehead atoms. The van der Waals surface area contributed by atoms with Crippen molar-refractivity contribution in [1.82, 2.24) is 5.32 Å². The Morgan fingerprint density at radius 1 is 1.04 bits per heavy atom. The van der Waals surface area contributed by atoms with Gasteiger partial charge in [0.25, 0.3) is 5.91 Å². The van der Waals surface area contributed by atoms with E-state index >= 15 is 0 Å². The predicted molar refractivity (Wildman–Crippen MR) is 95.7 cm³/mol. The highest BCUT2D eigenvalue weighted by Crippen LogP contribution is 2.21. The van der Waals surface area contributed by atoms with Crippen molar-refractivity contribution < 1.29 is 19.4 Å². The molecule has 2 N–H and O–H groups in total. The van der Waals surface area contributed by atoms with E-state index in [1.807, 2.05) is 63.2 Å². The number of hydrogen-bond donors (Lipinski definition) is 2. The normalized spacial score (nSPS) is 11.6. The van der Waals surface area contributed by atoms with Crippen molar-refractivity contribution in [3.8, 4) is 5.75 Å². The van der Waals surface area contributed by atoms with Gasteiger partial charge < -0.3 is 15.2 Å². The van der Waals surface area contributed by atoms with E-state index in [2.05, 4.69) is 5.32 Å². The topological polar surface area (TPSA) is 75.6 Å². The molecule has 1 atom stereocenters. The zero-order chi connectivity index (χ0) is 18.4. The fourth-order valence-corrected chi connectivity index (χ4v) is 2.58. The zero-order valence-electron chi connectivity index (χ0n) is 14.7. The van der Waals surface area contributed by atoms with E-state index in [0.717, 1.165) is 22.3 Å². The van der Waals surface area contributed by atoms with E-state index in [9.17, 15) is 9.59 Å². The standard InChI is InChI=1S/C20H23NO4/c1-13-8-9-16(10-15(13)3)25-12-19(22)21-18(11-20(23)24)17-7-5-4-6-14(17)2/h4-10,18H,11-12H2,1-3H3,(H,21,22)(H,23,24). The highest BCUT2D eigenvalue weighted by Gasteiger charge is 2.19. The summed E-state index contributed by atoms with van der Waals surface area (Å²) in [6, 6.07) is 12.5. The molecule has 0 saturated carbocycles. The molecule has 132 valence electrons. The molecule has 25 heavy (non-hydrogen) atoms. The van der Waals surface area contributed by atoms with Gasteiger partial charge in [-0.25, -0.2) is 0 Å². The molecule has 0 fully saturated rings. The van der Waals surface area contributed by atoms with Crippen molar-refractivity contribution in [3.63, 3.8) is 0 Å². The summed E-state index contributed by atoms with van der Waals surface area (Å²) in [4.78, 5) is 23.4. The summed E-state index contributed by atoms with van der Waals surface area (Å²) < 4.78 is 5.52. The lowest BCUT2D eigenvalue weighted by Crippen LogP contribution is -2.34. The predicted octanol–water partition coefficient (Wildman–Crippen LogP) is 3.32. The monoisotopic (exact) mass is 341 g/mol. The SMILES string of the molecule is Cc1ccc(OCC(=O)NC(CC(=O)O)c2ccccc2C)cc1C. The van der Waals surface area contributed by atoms with Gasteiger partial charge in [-0.3, -0.25) is 9.59 Å². The maximum atomic E-state index is 12.2. The summed E-state index contributed by atoms with van der Waals surface area (Å²) in [6.07, 6.45) is -0.180. The van der Waals surface area contributed by atoms with Crippen LogP contribution in [-0.4, -0.2) is 23.6 Å². The first-order valence-electron chi connectivity index (χ1n) is 8.13. The maximum absolute atomic E-state index is 12.2. The average molecular weight is 341 g/mol. The molecule has 5 heteroatoms. The van der Waals surface area contributed by atoms with E-state index in [0.29, 0.717) is 5.75 Å². The number of aliphatic carboxylic acids is 1. The van der Waals surface area contributed by atoms with Gasteiger partial charge in [-0.05, 0) is 55.2 Å². The van der Waals surface area contributed by atoms with E-state index in [1.165, 1.54) is 0 Å². The molecule has 0 aromatic heterocycles. The van der Waals surface area contributed by atoms with Crippen LogP contribution < -0.4 is 10.1 Å². The van der Waals surface area contributed by atoms with Gasteiger partial charge in [0.05, 0.1) is 12.5 Å². The van der Waals surface area contributed by atoms with E-state index in [1.54, 1.807) is 0 Å². The molecule has 0 aliphatic carbocycles. The Bertz CT molecular complexity index is 770. The lowest BCUT2D eigenvalue weighted by atomic mass is 9.99. The second-order valence-corrected chi connectivity index (χ2v) is 6.11. The maximum Gasteiger partial charge on any atom is 0.305 e. The number of nitrogens with one attached hydrogen (secondary N) is 1. The van der Waals surface area contributed by atoms with Gasteiger partial charge in [0.15, 0.2) is 6.61 Å². The van der Waals surface area contributed by atoms with Gasteiger partial charge in [0.1, 0.15) is 5.75 Å². The first-order valence-corrected chi connectivity index (χ1v) is 8.13.